The fraction of sp³-hybridized carbons (Fsp3) is 0.562. The maximum Gasteiger partial charge on any atom is 0.242 e. The van der Waals surface area contributed by atoms with E-state index in [-0.39, 0.29) is 42.2 Å². The van der Waals surface area contributed by atoms with Gasteiger partial charge in [0.2, 0.25) is 15.9 Å². The van der Waals surface area contributed by atoms with Crippen molar-refractivity contribution in [3.05, 3.63) is 30.1 Å². The maximum atomic E-state index is 12.9. The van der Waals surface area contributed by atoms with Crippen LogP contribution in [-0.2, 0) is 14.8 Å². The number of amides is 1. The van der Waals surface area contributed by atoms with Gasteiger partial charge in [-0.1, -0.05) is 0 Å². The Labute approximate surface area is 154 Å². The van der Waals surface area contributed by atoms with E-state index in [1.165, 1.54) is 23.5 Å². The maximum absolute atomic E-state index is 12.9. The van der Waals surface area contributed by atoms with Crippen LogP contribution in [0.4, 0.5) is 4.39 Å². The number of sulfonamides is 1. The van der Waals surface area contributed by atoms with Gasteiger partial charge in [0, 0.05) is 32.6 Å². The lowest BCUT2D eigenvalue weighted by Gasteiger charge is -2.18. The summed E-state index contributed by atoms with van der Waals surface area (Å²) in [6, 6.07) is 4.71. The molecule has 1 atom stereocenters. The van der Waals surface area contributed by atoms with Crippen LogP contribution in [-0.4, -0.2) is 44.8 Å². The van der Waals surface area contributed by atoms with E-state index >= 15 is 0 Å². The number of halogens is 2. The molecule has 0 bridgehead atoms. The molecule has 0 saturated heterocycles. The summed E-state index contributed by atoms with van der Waals surface area (Å²) in [7, 11) is -2.22. The zero-order valence-electron chi connectivity index (χ0n) is 14.2. The molecule has 25 heavy (non-hydrogen) atoms. The Morgan fingerprint density at radius 2 is 1.96 bits per heavy atom. The first kappa shape index (κ1) is 21.8. The van der Waals surface area contributed by atoms with Crippen molar-refractivity contribution < 1.29 is 17.6 Å². The number of rotatable bonds is 9. The Morgan fingerprint density at radius 1 is 1.36 bits per heavy atom. The first-order chi connectivity index (χ1) is 11.3. The van der Waals surface area contributed by atoms with Crippen molar-refractivity contribution in [2.24, 2.45) is 11.7 Å². The average Bonchev–Trinajstić information content (AvgIpc) is 3.37. The lowest BCUT2D eigenvalue weighted by atomic mass is 10.1. The molecule has 1 aliphatic rings. The fourth-order valence-corrected chi connectivity index (χ4v) is 3.73. The molecule has 1 fully saturated rings. The molecule has 0 aromatic heterocycles. The van der Waals surface area contributed by atoms with Crippen molar-refractivity contribution in [3.63, 3.8) is 0 Å². The van der Waals surface area contributed by atoms with Gasteiger partial charge in [0.1, 0.15) is 5.82 Å². The largest absolute Gasteiger partial charge is 0.352 e. The van der Waals surface area contributed by atoms with Crippen LogP contribution in [0.1, 0.15) is 25.7 Å². The fourth-order valence-electron chi connectivity index (χ4n) is 2.52. The average molecular weight is 394 g/mol. The Kier molecular flexibility index (Phi) is 8.27. The van der Waals surface area contributed by atoms with Crippen molar-refractivity contribution in [2.75, 3.05) is 20.1 Å². The van der Waals surface area contributed by atoms with Gasteiger partial charge in [0.25, 0.3) is 0 Å². The number of hydrogen-bond donors (Lipinski definition) is 2. The third-order valence-corrected chi connectivity index (χ3v) is 6.06. The standard InChI is InChI=1S/C16H24FN3O3S.ClH/c1-20(24(22,23)14-8-6-13(17)7-9-14)10-2-3-16(21)19-15(11-18)12-4-5-12;/h6-9,12,15H,2-5,10-11,18H2,1H3,(H,19,21);1H. The van der Waals surface area contributed by atoms with Crippen molar-refractivity contribution in [3.8, 4) is 0 Å². The van der Waals surface area contributed by atoms with Crippen LogP contribution in [0.3, 0.4) is 0 Å². The molecule has 1 saturated carbocycles. The summed E-state index contributed by atoms with van der Waals surface area (Å²) in [6.07, 6.45) is 2.85. The number of nitrogens with zero attached hydrogens (tertiary/aromatic N) is 1. The van der Waals surface area contributed by atoms with Gasteiger partial charge in [-0.05, 0) is 49.4 Å². The van der Waals surface area contributed by atoms with Crippen LogP contribution in [0.5, 0.6) is 0 Å². The highest BCUT2D eigenvalue weighted by molar-refractivity contribution is 7.89. The molecule has 1 aromatic rings. The second-order valence-electron chi connectivity index (χ2n) is 6.13. The smallest absolute Gasteiger partial charge is 0.242 e. The highest BCUT2D eigenvalue weighted by Gasteiger charge is 2.31. The van der Waals surface area contributed by atoms with Crippen molar-refractivity contribution in [2.45, 2.75) is 36.6 Å². The van der Waals surface area contributed by atoms with Gasteiger partial charge in [-0.2, -0.15) is 0 Å². The summed E-state index contributed by atoms with van der Waals surface area (Å²) in [5.41, 5.74) is 5.64. The summed E-state index contributed by atoms with van der Waals surface area (Å²) in [4.78, 5) is 11.9. The van der Waals surface area contributed by atoms with Gasteiger partial charge in [0.05, 0.1) is 4.90 Å². The second-order valence-corrected chi connectivity index (χ2v) is 8.18. The van der Waals surface area contributed by atoms with E-state index in [0.29, 0.717) is 18.9 Å². The molecule has 0 radical (unpaired) electrons. The van der Waals surface area contributed by atoms with Crippen LogP contribution in [0.25, 0.3) is 0 Å². The van der Waals surface area contributed by atoms with Crippen LogP contribution in [0, 0.1) is 11.7 Å². The number of benzene rings is 1. The second kappa shape index (κ2) is 9.47. The van der Waals surface area contributed by atoms with Gasteiger partial charge in [-0.3, -0.25) is 4.79 Å². The first-order valence-corrected chi connectivity index (χ1v) is 9.50. The van der Waals surface area contributed by atoms with E-state index in [0.717, 1.165) is 25.0 Å². The van der Waals surface area contributed by atoms with Crippen LogP contribution in [0.15, 0.2) is 29.2 Å². The highest BCUT2D eigenvalue weighted by atomic mass is 35.5. The third kappa shape index (κ3) is 6.22. The molecule has 0 spiro atoms. The molecule has 3 N–H and O–H groups in total. The van der Waals surface area contributed by atoms with E-state index in [4.69, 9.17) is 5.73 Å². The number of nitrogens with one attached hydrogen (secondary N) is 1. The summed E-state index contributed by atoms with van der Waals surface area (Å²) in [6.45, 7) is 0.638. The first-order valence-electron chi connectivity index (χ1n) is 8.06. The minimum Gasteiger partial charge on any atom is -0.352 e. The Balaban J connectivity index is 0.00000312. The Hall–Kier alpha value is -1.22. The minimum atomic E-state index is -3.67. The Bertz CT molecular complexity index is 666. The van der Waals surface area contributed by atoms with Crippen molar-refractivity contribution in [1.29, 1.82) is 0 Å². The predicted molar refractivity (Wildman–Crippen MR) is 96.4 cm³/mol. The Morgan fingerprint density at radius 3 is 2.48 bits per heavy atom. The molecule has 1 aromatic carbocycles. The molecule has 0 heterocycles. The lowest BCUT2D eigenvalue weighted by molar-refractivity contribution is -0.122. The molecule has 2 rings (SSSR count). The van der Waals surface area contributed by atoms with E-state index in [2.05, 4.69) is 5.32 Å². The zero-order valence-corrected chi connectivity index (χ0v) is 15.8. The van der Waals surface area contributed by atoms with E-state index in [1.54, 1.807) is 0 Å². The number of carbonyl (C=O) groups is 1. The summed E-state index contributed by atoms with van der Waals surface area (Å²) in [5, 5.41) is 2.91. The van der Waals surface area contributed by atoms with Crippen LogP contribution < -0.4 is 11.1 Å². The molecule has 1 amide bonds. The van der Waals surface area contributed by atoms with Crippen molar-refractivity contribution >= 4 is 28.3 Å². The van der Waals surface area contributed by atoms with Gasteiger partial charge in [-0.25, -0.2) is 17.1 Å². The third-order valence-electron chi connectivity index (χ3n) is 4.19. The monoisotopic (exact) mass is 393 g/mol. The molecular weight excluding hydrogens is 369 g/mol. The molecule has 0 aliphatic heterocycles. The molecule has 9 heteroatoms. The van der Waals surface area contributed by atoms with Crippen molar-refractivity contribution in [1.82, 2.24) is 9.62 Å². The number of carbonyl (C=O) groups excluding carboxylic acids is 1. The topological polar surface area (TPSA) is 92.5 Å². The summed E-state index contributed by atoms with van der Waals surface area (Å²) >= 11 is 0. The predicted octanol–water partition coefficient (Wildman–Crippen LogP) is 1.50. The zero-order chi connectivity index (χ0) is 17.7. The summed E-state index contributed by atoms with van der Waals surface area (Å²) < 4.78 is 38.7. The molecule has 6 nitrogen and oxygen atoms in total. The quantitative estimate of drug-likeness (QED) is 0.665. The highest BCUT2D eigenvalue weighted by Crippen LogP contribution is 2.32. The molecule has 142 valence electrons. The molecule has 1 unspecified atom stereocenters. The SMILES string of the molecule is CN(CCCC(=O)NC(CN)C1CC1)S(=O)(=O)c1ccc(F)cc1.Cl. The normalized spacial score (nSPS) is 15.5. The molecule has 1 aliphatic carbocycles. The van der Waals surface area contributed by atoms with Gasteiger partial charge < -0.3 is 11.1 Å². The van der Waals surface area contributed by atoms with Crippen LogP contribution in [0.2, 0.25) is 0 Å². The molecular formula is C16H25ClFN3O3S. The number of hydrogen-bond acceptors (Lipinski definition) is 4. The minimum absolute atomic E-state index is 0. The van der Waals surface area contributed by atoms with E-state index < -0.39 is 15.8 Å². The summed E-state index contributed by atoms with van der Waals surface area (Å²) in [5.74, 6) is -0.108. The van der Waals surface area contributed by atoms with Gasteiger partial charge in [0.15, 0.2) is 0 Å². The van der Waals surface area contributed by atoms with Gasteiger partial charge in [-0.15, -0.1) is 12.4 Å². The lowest BCUT2D eigenvalue weighted by Crippen LogP contribution is -2.41. The number of nitrogens with two attached hydrogens (primary N) is 1. The van der Waals surface area contributed by atoms with Crippen LogP contribution >= 0.6 is 12.4 Å². The van der Waals surface area contributed by atoms with E-state index in [9.17, 15) is 17.6 Å². The van der Waals surface area contributed by atoms with E-state index in [1.807, 2.05) is 0 Å². The van der Waals surface area contributed by atoms with Gasteiger partial charge >= 0.3 is 0 Å².